The van der Waals surface area contributed by atoms with Crippen LogP contribution in [0.2, 0.25) is 0 Å². The molecule has 8 nitrogen and oxygen atoms in total. The predicted octanol–water partition coefficient (Wildman–Crippen LogP) is 2.89. The third-order valence-electron chi connectivity index (χ3n) is 6.17. The van der Waals surface area contributed by atoms with E-state index in [0.717, 1.165) is 43.0 Å². The Morgan fingerprint density at radius 2 is 2.00 bits per heavy atom. The zero-order chi connectivity index (χ0) is 22.9. The molecule has 0 unspecified atom stereocenters. The summed E-state index contributed by atoms with van der Waals surface area (Å²) in [5.41, 5.74) is 3.92. The molecular formula is C24H25FN4O4. The molecule has 3 aliphatic rings. The van der Waals surface area contributed by atoms with Gasteiger partial charge in [0.2, 0.25) is 0 Å². The van der Waals surface area contributed by atoms with Crippen LogP contribution in [0.4, 0.5) is 14.9 Å². The number of nitrogens with one attached hydrogen (secondary N) is 1. The van der Waals surface area contributed by atoms with E-state index in [1.807, 2.05) is 19.1 Å². The highest BCUT2D eigenvalue weighted by Gasteiger charge is 2.33. The molecule has 1 fully saturated rings. The van der Waals surface area contributed by atoms with Crippen LogP contribution in [0, 0.1) is 5.82 Å². The van der Waals surface area contributed by atoms with Crippen LogP contribution in [-0.2, 0) is 27.3 Å². The molecule has 2 aromatic rings. The van der Waals surface area contributed by atoms with E-state index in [1.165, 1.54) is 12.1 Å². The van der Waals surface area contributed by atoms with E-state index in [2.05, 4.69) is 10.2 Å². The van der Waals surface area contributed by atoms with Crippen LogP contribution in [0.1, 0.15) is 29.4 Å². The number of anilines is 1. The Morgan fingerprint density at radius 1 is 1.18 bits per heavy atom. The molecular weight excluding hydrogens is 427 g/mol. The number of pyridine rings is 1. The maximum atomic E-state index is 13.8. The highest BCUT2D eigenvalue weighted by atomic mass is 19.1. The van der Waals surface area contributed by atoms with Crippen LogP contribution in [0.25, 0.3) is 11.3 Å². The topological polar surface area (TPSA) is 84.0 Å². The van der Waals surface area contributed by atoms with Gasteiger partial charge in [-0.3, -0.25) is 14.7 Å². The lowest BCUT2D eigenvalue weighted by Gasteiger charge is -2.33. The van der Waals surface area contributed by atoms with Crippen LogP contribution < -0.4 is 5.32 Å². The Bertz CT molecular complexity index is 1140. The number of hydrogen-bond donors (Lipinski definition) is 1. The van der Waals surface area contributed by atoms with Crippen molar-refractivity contribution >= 4 is 29.0 Å². The number of carbonyl (C=O) groups excluding carboxylic acids is 2. The van der Waals surface area contributed by atoms with Gasteiger partial charge in [-0.15, -0.1) is 0 Å². The van der Waals surface area contributed by atoms with Crippen LogP contribution in [0.15, 0.2) is 30.3 Å². The second-order valence-corrected chi connectivity index (χ2v) is 8.21. The van der Waals surface area contributed by atoms with Gasteiger partial charge in [-0.1, -0.05) is 0 Å². The summed E-state index contributed by atoms with van der Waals surface area (Å²) >= 11 is 0. The molecule has 0 atom stereocenters. The maximum absolute atomic E-state index is 13.8. The average Bonchev–Trinajstić information content (AvgIpc) is 3.37. The molecule has 1 aromatic heterocycles. The summed E-state index contributed by atoms with van der Waals surface area (Å²) in [7, 11) is 0. The number of rotatable bonds is 4. The van der Waals surface area contributed by atoms with Crippen molar-refractivity contribution in [1.82, 2.24) is 14.8 Å². The monoisotopic (exact) mass is 452 g/mol. The second-order valence-electron chi connectivity index (χ2n) is 8.21. The summed E-state index contributed by atoms with van der Waals surface area (Å²) in [6, 6.07) is 8.10. The van der Waals surface area contributed by atoms with Gasteiger partial charge < -0.3 is 19.7 Å². The Morgan fingerprint density at radius 3 is 2.79 bits per heavy atom. The first kappa shape index (κ1) is 21.4. The molecule has 3 aliphatic heterocycles. The maximum Gasteiger partial charge on any atom is 0.409 e. The van der Waals surface area contributed by atoms with Crippen molar-refractivity contribution < 1.29 is 23.5 Å². The number of amides is 2. The molecule has 0 saturated carbocycles. The van der Waals surface area contributed by atoms with Gasteiger partial charge in [-0.25, -0.2) is 9.18 Å². The van der Waals surface area contributed by atoms with Gasteiger partial charge in [0, 0.05) is 61.7 Å². The fraction of sp³-hybridized carbons (Fsp3) is 0.375. The molecule has 0 spiro atoms. The van der Waals surface area contributed by atoms with Crippen molar-refractivity contribution in [3.63, 3.8) is 0 Å². The van der Waals surface area contributed by atoms with E-state index in [4.69, 9.17) is 14.5 Å². The lowest BCUT2D eigenvalue weighted by atomic mass is 10.0. The number of aromatic nitrogens is 1. The van der Waals surface area contributed by atoms with Crippen LogP contribution in [0.5, 0.6) is 0 Å². The molecule has 172 valence electrons. The molecule has 4 heterocycles. The Hall–Kier alpha value is -3.46. The molecule has 1 saturated heterocycles. The molecule has 33 heavy (non-hydrogen) atoms. The predicted molar refractivity (Wildman–Crippen MR) is 120 cm³/mol. The number of hydrogen-bond acceptors (Lipinski definition) is 6. The Labute approximate surface area is 191 Å². The first-order chi connectivity index (χ1) is 16.0. The molecule has 9 heteroatoms. The number of ether oxygens (including phenoxy) is 2. The van der Waals surface area contributed by atoms with Crippen molar-refractivity contribution in [1.29, 1.82) is 0 Å². The first-order valence-corrected chi connectivity index (χ1v) is 11.1. The summed E-state index contributed by atoms with van der Waals surface area (Å²) in [6.45, 7) is 6.23. The minimum atomic E-state index is -0.405. The summed E-state index contributed by atoms with van der Waals surface area (Å²) in [5, 5.41) is 2.77. The van der Waals surface area contributed by atoms with Gasteiger partial charge in [0.1, 0.15) is 18.2 Å². The minimum Gasteiger partial charge on any atom is -0.486 e. The first-order valence-electron chi connectivity index (χ1n) is 11.1. The SMILES string of the molecule is CCOC(=O)N1CCN(CCc2ccc3c(n2)COC3=C2C(=O)Nc3ccc(F)cc32)CC1. The normalized spacial score (nSPS) is 19.7. The average molecular weight is 452 g/mol. The highest BCUT2D eigenvalue weighted by Crippen LogP contribution is 2.41. The van der Waals surface area contributed by atoms with Gasteiger partial charge in [-0.05, 0) is 37.3 Å². The Kier molecular flexibility index (Phi) is 5.72. The number of halogens is 1. The third kappa shape index (κ3) is 4.16. The molecule has 1 N–H and O–H groups in total. The van der Waals surface area contributed by atoms with Crippen molar-refractivity contribution in [3.8, 4) is 0 Å². The Balaban J connectivity index is 1.26. The van der Waals surface area contributed by atoms with Crippen molar-refractivity contribution in [2.24, 2.45) is 0 Å². The van der Waals surface area contributed by atoms with Crippen LogP contribution >= 0.6 is 0 Å². The van der Waals surface area contributed by atoms with E-state index in [1.54, 1.807) is 11.0 Å². The molecule has 2 amide bonds. The van der Waals surface area contributed by atoms with Crippen molar-refractivity contribution in [2.75, 3.05) is 44.6 Å². The van der Waals surface area contributed by atoms with E-state index in [9.17, 15) is 14.0 Å². The van der Waals surface area contributed by atoms with E-state index in [0.29, 0.717) is 42.3 Å². The van der Waals surface area contributed by atoms with Gasteiger partial charge in [0.25, 0.3) is 5.91 Å². The molecule has 0 aliphatic carbocycles. The lowest BCUT2D eigenvalue weighted by Crippen LogP contribution is -2.49. The minimum absolute atomic E-state index is 0.247. The van der Waals surface area contributed by atoms with Crippen LogP contribution in [-0.4, -0.2) is 66.1 Å². The lowest BCUT2D eigenvalue weighted by molar-refractivity contribution is -0.110. The van der Waals surface area contributed by atoms with Crippen LogP contribution in [0.3, 0.4) is 0 Å². The number of fused-ring (bicyclic) bond motifs is 2. The number of piperazine rings is 1. The molecule has 5 rings (SSSR count). The fourth-order valence-electron chi connectivity index (χ4n) is 4.43. The summed E-state index contributed by atoms with van der Waals surface area (Å²) in [4.78, 5) is 33.2. The van der Waals surface area contributed by atoms with E-state index >= 15 is 0 Å². The number of carbonyl (C=O) groups is 2. The summed E-state index contributed by atoms with van der Waals surface area (Å²) < 4.78 is 24.7. The van der Waals surface area contributed by atoms with E-state index in [-0.39, 0.29) is 18.6 Å². The largest absolute Gasteiger partial charge is 0.486 e. The standard InChI is InChI=1S/C24H25FN4O4/c1-2-32-24(31)29-11-9-28(10-12-29)8-7-16-4-5-17-20(26-16)14-33-22(17)21-18-13-15(25)3-6-19(18)27-23(21)30/h3-6,13H,2,7-12,14H2,1H3,(H,27,30). The molecule has 1 aromatic carbocycles. The van der Waals surface area contributed by atoms with Gasteiger partial charge in [-0.2, -0.15) is 0 Å². The fourth-order valence-corrected chi connectivity index (χ4v) is 4.43. The number of benzene rings is 1. The molecule has 0 bridgehead atoms. The zero-order valence-corrected chi connectivity index (χ0v) is 18.4. The third-order valence-corrected chi connectivity index (χ3v) is 6.17. The highest BCUT2D eigenvalue weighted by molar-refractivity contribution is 6.36. The van der Waals surface area contributed by atoms with Gasteiger partial charge in [0.05, 0.1) is 17.9 Å². The van der Waals surface area contributed by atoms with Gasteiger partial charge in [0.15, 0.2) is 0 Å². The smallest absolute Gasteiger partial charge is 0.409 e. The van der Waals surface area contributed by atoms with Crippen molar-refractivity contribution in [2.45, 2.75) is 20.0 Å². The molecule has 0 radical (unpaired) electrons. The summed E-state index contributed by atoms with van der Waals surface area (Å²) in [5.74, 6) is -0.261. The number of nitrogens with zero attached hydrogens (tertiary/aromatic N) is 3. The quantitative estimate of drug-likeness (QED) is 0.719. The van der Waals surface area contributed by atoms with Gasteiger partial charge >= 0.3 is 6.09 Å². The van der Waals surface area contributed by atoms with Crippen molar-refractivity contribution in [3.05, 3.63) is 58.7 Å². The second kappa shape index (κ2) is 8.82. The van der Waals surface area contributed by atoms with E-state index < -0.39 is 5.82 Å². The summed E-state index contributed by atoms with van der Waals surface area (Å²) in [6.07, 6.45) is 0.524. The zero-order valence-electron chi connectivity index (χ0n) is 18.4.